The zero-order chi connectivity index (χ0) is 21.5. The van der Waals surface area contributed by atoms with E-state index in [-0.39, 0.29) is 12.2 Å². The average Bonchev–Trinajstić information content (AvgIpc) is 2.65. The molecule has 0 heterocycles. The minimum absolute atomic E-state index is 0.172. The molecule has 0 aliphatic heterocycles. The van der Waals surface area contributed by atoms with Crippen molar-refractivity contribution >= 4 is 23.5 Å². The Labute approximate surface area is 164 Å². The highest BCUT2D eigenvalue weighted by molar-refractivity contribution is 5.98. The molecule has 1 aromatic carbocycles. The molecule has 0 fully saturated rings. The number of hydrogen-bond acceptors (Lipinski definition) is 8. The van der Waals surface area contributed by atoms with Crippen molar-refractivity contribution in [3.63, 3.8) is 0 Å². The van der Waals surface area contributed by atoms with E-state index in [9.17, 15) is 14.4 Å². The number of rotatable bonds is 8. The van der Waals surface area contributed by atoms with Gasteiger partial charge in [0.05, 0.1) is 27.9 Å². The van der Waals surface area contributed by atoms with Crippen molar-refractivity contribution in [3.05, 3.63) is 35.9 Å². The summed E-state index contributed by atoms with van der Waals surface area (Å²) in [7, 11) is 3.71. The predicted molar refractivity (Wildman–Crippen MR) is 101 cm³/mol. The van der Waals surface area contributed by atoms with Crippen LogP contribution < -0.4 is 4.74 Å². The van der Waals surface area contributed by atoms with Gasteiger partial charge in [0.15, 0.2) is 0 Å². The molecule has 1 rings (SSSR count). The fraction of sp³-hybridized carbons (Fsp3) is 0.450. The lowest BCUT2D eigenvalue weighted by Crippen LogP contribution is -2.35. The number of carbonyl (C=O) groups is 3. The monoisotopic (exact) mass is 394 g/mol. The Morgan fingerprint density at radius 2 is 1.61 bits per heavy atom. The quantitative estimate of drug-likeness (QED) is 0.377. The van der Waals surface area contributed by atoms with Crippen LogP contribution in [0.5, 0.6) is 5.75 Å². The van der Waals surface area contributed by atoms with E-state index in [1.165, 1.54) is 7.11 Å². The molecule has 0 aromatic heterocycles. The van der Waals surface area contributed by atoms with Gasteiger partial charge in [-0.2, -0.15) is 0 Å². The van der Waals surface area contributed by atoms with Crippen molar-refractivity contribution in [2.45, 2.75) is 32.5 Å². The number of benzene rings is 1. The standard InChI is InChI=1S/C20H26O8/c1-12(11-27-16(18(22)25-6)19(23)26-7)13-8-9-15(24-5)14(10-13)17(21)28-20(2,3)4/h8-10,16H,1,11H2,2-7H3. The van der Waals surface area contributed by atoms with Crippen molar-refractivity contribution in [2.24, 2.45) is 0 Å². The number of esters is 3. The lowest BCUT2D eigenvalue weighted by Gasteiger charge is -2.21. The van der Waals surface area contributed by atoms with E-state index < -0.39 is 29.6 Å². The van der Waals surface area contributed by atoms with Crippen LogP contribution in [0.4, 0.5) is 0 Å². The molecule has 0 N–H and O–H groups in total. The van der Waals surface area contributed by atoms with Crippen molar-refractivity contribution in [2.75, 3.05) is 27.9 Å². The number of hydrogen-bond donors (Lipinski definition) is 0. The van der Waals surface area contributed by atoms with Gasteiger partial charge in [0.2, 0.25) is 0 Å². The van der Waals surface area contributed by atoms with Gasteiger partial charge in [0.1, 0.15) is 16.9 Å². The second kappa shape index (κ2) is 9.89. The van der Waals surface area contributed by atoms with Crippen LogP contribution in [0.3, 0.4) is 0 Å². The van der Waals surface area contributed by atoms with Crippen molar-refractivity contribution in [1.82, 2.24) is 0 Å². The van der Waals surface area contributed by atoms with E-state index in [2.05, 4.69) is 16.1 Å². The van der Waals surface area contributed by atoms with Gasteiger partial charge in [-0.25, -0.2) is 14.4 Å². The number of ether oxygens (including phenoxy) is 5. The highest BCUT2D eigenvalue weighted by Gasteiger charge is 2.30. The van der Waals surface area contributed by atoms with Crippen LogP contribution in [0.1, 0.15) is 36.7 Å². The lowest BCUT2D eigenvalue weighted by molar-refractivity contribution is -0.168. The molecule has 0 saturated carbocycles. The van der Waals surface area contributed by atoms with Gasteiger partial charge in [0, 0.05) is 0 Å². The average molecular weight is 394 g/mol. The van der Waals surface area contributed by atoms with Crippen molar-refractivity contribution in [1.29, 1.82) is 0 Å². The maximum Gasteiger partial charge on any atom is 0.346 e. The van der Waals surface area contributed by atoms with E-state index in [4.69, 9.17) is 14.2 Å². The van der Waals surface area contributed by atoms with Gasteiger partial charge < -0.3 is 23.7 Å². The van der Waals surface area contributed by atoms with E-state index in [0.717, 1.165) is 14.2 Å². The maximum atomic E-state index is 12.5. The van der Waals surface area contributed by atoms with Gasteiger partial charge >= 0.3 is 17.9 Å². The third-order valence-electron chi connectivity index (χ3n) is 3.48. The Morgan fingerprint density at radius 3 is 2.07 bits per heavy atom. The summed E-state index contributed by atoms with van der Waals surface area (Å²) in [6, 6.07) is 4.81. The van der Waals surface area contributed by atoms with Crippen LogP contribution >= 0.6 is 0 Å². The van der Waals surface area contributed by atoms with Crippen LogP contribution in [0.2, 0.25) is 0 Å². The molecular weight excluding hydrogens is 368 g/mol. The molecule has 0 unspecified atom stereocenters. The van der Waals surface area contributed by atoms with Gasteiger partial charge in [-0.05, 0) is 44.0 Å². The fourth-order valence-electron chi connectivity index (χ4n) is 2.13. The molecule has 0 atom stereocenters. The number of carbonyl (C=O) groups excluding carboxylic acids is 3. The van der Waals surface area contributed by atoms with Crippen LogP contribution in [0.15, 0.2) is 24.8 Å². The Morgan fingerprint density at radius 1 is 1.04 bits per heavy atom. The molecule has 0 radical (unpaired) electrons. The summed E-state index contributed by atoms with van der Waals surface area (Å²) >= 11 is 0. The predicted octanol–water partition coefficient (Wildman–Crippen LogP) is 2.39. The van der Waals surface area contributed by atoms with Crippen molar-refractivity contribution in [3.8, 4) is 5.75 Å². The maximum absolute atomic E-state index is 12.5. The second-order valence-corrected chi connectivity index (χ2v) is 6.76. The van der Waals surface area contributed by atoms with Gasteiger partial charge in [-0.1, -0.05) is 12.6 Å². The molecule has 8 nitrogen and oxygen atoms in total. The van der Waals surface area contributed by atoms with Gasteiger partial charge in [-0.15, -0.1) is 0 Å². The first-order valence-electron chi connectivity index (χ1n) is 8.40. The first-order chi connectivity index (χ1) is 13.0. The first-order valence-corrected chi connectivity index (χ1v) is 8.40. The summed E-state index contributed by atoms with van der Waals surface area (Å²) in [6.45, 7) is 8.98. The summed E-state index contributed by atoms with van der Waals surface area (Å²) in [4.78, 5) is 35.8. The van der Waals surface area contributed by atoms with Crippen LogP contribution in [0.25, 0.3) is 5.57 Å². The SMILES string of the molecule is C=C(COC(C(=O)OC)C(=O)OC)c1ccc(OC)c(C(=O)OC(C)(C)C)c1. The third-order valence-corrected chi connectivity index (χ3v) is 3.48. The molecule has 1 aromatic rings. The second-order valence-electron chi connectivity index (χ2n) is 6.76. The smallest absolute Gasteiger partial charge is 0.346 e. The van der Waals surface area contributed by atoms with Crippen LogP contribution in [-0.2, 0) is 28.5 Å². The van der Waals surface area contributed by atoms with Gasteiger partial charge in [0.25, 0.3) is 6.10 Å². The number of methoxy groups -OCH3 is 3. The molecule has 28 heavy (non-hydrogen) atoms. The van der Waals surface area contributed by atoms with Gasteiger partial charge in [-0.3, -0.25) is 0 Å². The van der Waals surface area contributed by atoms with Crippen molar-refractivity contribution < 1.29 is 38.1 Å². The summed E-state index contributed by atoms with van der Waals surface area (Å²) in [6.07, 6.45) is -1.53. The third kappa shape index (κ3) is 6.38. The molecule has 8 heteroatoms. The molecule has 0 aliphatic rings. The normalized spacial score (nSPS) is 11.0. The zero-order valence-corrected chi connectivity index (χ0v) is 17.0. The topological polar surface area (TPSA) is 97.4 Å². The molecule has 154 valence electrons. The molecule has 0 spiro atoms. The minimum atomic E-state index is -1.53. The fourth-order valence-corrected chi connectivity index (χ4v) is 2.13. The molecule has 0 saturated heterocycles. The Kier molecular flexibility index (Phi) is 8.18. The molecule has 0 bridgehead atoms. The summed E-state index contributed by atoms with van der Waals surface area (Å²) in [5.74, 6) is -1.98. The van der Waals surface area contributed by atoms with E-state index >= 15 is 0 Å². The van der Waals surface area contributed by atoms with E-state index in [0.29, 0.717) is 16.9 Å². The summed E-state index contributed by atoms with van der Waals surface area (Å²) < 4.78 is 25.0. The lowest BCUT2D eigenvalue weighted by atomic mass is 10.0. The van der Waals surface area contributed by atoms with E-state index in [1.54, 1.807) is 39.0 Å². The van der Waals surface area contributed by atoms with Crippen LogP contribution in [-0.4, -0.2) is 57.5 Å². The minimum Gasteiger partial charge on any atom is -0.496 e. The zero-order valence-electron chi connectivity index (χ0n) is 17.0. The molecule has 0 amide bonds. The largest absolute Gasteiger partial charge is 0.496 e. The summed E-state index contributed by atoms with van der Waals surface area (Å²) in [5.41, 5.74) is 0.515. The first kappa shape index (κ1) is 23.2. The Bertz CT molecular complexity index is 729. The molecule has 0 aliphatic carbocycles. The summed E-state index contributed by atoms with van der Waals surface area (Å²) in [5, 5.41) is 0. The Balaban J connectivity index is 3.02. The molecular formula is C20H26O8. The Hall–Kier alpha value is -2.87. The highest BCUT2D eigenvalue weighted by atomic mass is 16.6. The highest BCUT2D eigenvalue weighted by Crippen LogP contribution is 2.26. The van der Waals surface area contributed by atoms with E-state index in [1.807, 2.05) is 0 Å². The van der Waals surface area contributed by atoms with Crippen LogP contribution in [0, 0.1) is 0 Å².